The lowest BCUT2D eigenvalue weighted by Gasteiger charge is -2.37. The highest BCUT2D eigenvalue weighted by atomic mass is 79.9. The van der Waals surface area contributed by atoms with E-state index in [1.807, 2.05) is 56.3 Å². The van der Waals surface area contributed by atoms with Crippen molar-refractivity contribution in [3.63, 3.8) is 0 Å². The third kappa shape index (κ3) is 4.24. The Hall–Kier alpha value is -2.66. The molecule has 1 aliphatic carbocycles. The lowest BCUT2D eigenvalue weighted by molar-refractivity contribution is -0.139. The third-order valence-electron chi connectivity index (χ3n) is 5.97. The molecule has 1 heterocycles. The van der Waals surface area contributed by atoms with E-state index in [4.69, 9.17) is 4.74 Å². The van der Waals surface area contributed by atoms with Gasteiger partial charge in [0.1, 0.15) is 0 Å². The first-order valence-electron chi connectivity index (χ1n) is 10.7. The molecule has 0 fully saturated rings. The molecule has 2 aromatic rings. The van der Waals surface area contributed by atoms with Crippen LogP contribution >= 0.6 is 15.9 Å². The van der Waals surface area contributed by atoms with Crippen molar-refractivity contribution in [3.8, 4) is 0 Å². The molecule has 0 unspecified atom stereocenters. The molecule has 2 atom stereocenters. The van der Waals surface area contributed by atoms with E-state index < -0.39 is 5.92 Å². The molecule has 0 amide bonds. The highest BCUT2D eigenvalue weighted by molar-refractivity contribution is 9.10. The number of rotatable bonds is 5. The molecule has 0 aromatic heterocycles. The molecule has 5 heteroatoms. The molecule has 0 saturated heterocycles. The molecule has 0 saturated carbocycles. The molecule has 1 aliphatic heterocycles. The standard InChI is InChI=1S/C26H26BrNO3/c1-3-13-31-26(30)23-16(2)28-21-14-18(17-9-5-4-6-10-17)15-22(29)25(21)24(23)19-11-7-8-12-20(19)27/h4-12,18,24,28H,3,13-15H2,1-2H3/t18-,24-/m0/s1. The van der Waals surface area contributed by atoms with Gasteiger partial charge >= 0.3 is 5.97 Å². The summed E-state index contributed by atoms with van der Waals surface area (Å²) in [7, 11) is 0. The number of esters is 1. The zero-order chi connectivity index (χ0) is 22.0. The summed E-state index contributed by atoms with van der Waals surface area (Å²) >= 11 is 3.64. The van der Waals surface area contributed by atoms with Gasteiger partial charge in [0, 0.05) is 33.8 Å². The maximum Gasteiger partial charge on any atom is 0.336 e. The van der Waals surface area contributed by atoms with E-state index in [-0.39, 0.29) is 17.7 Å². The fraction of sp³-hybridized carbons (Fsp3) is 0.308. The van der Waals surface area contributed by atoms with E-state index in [1.165, 1.54) is 0 Å². The summed E-state index contributed by atoms with van der Waals surface area (Å²) in [6.45, 7) is 4.22. The number of dihydropyridines is 1. The maximum absolute atomic E-state index is 13.5. The summed E-state index contributed by atoms with van der Waals surface area (Å²) in [5.41, 5.74) is 4.94. The summed E-state index contributed by atoms with van der Waals surface area (Å²) in [6.07, 6.45) is 1.92. The predicted molar refractivity (Wildman–Crippen MR) is 124 cm³/mol. The zero-order valence-corrected chi connectivity index (χ0v) is 19.4. The van der Waals surface area contributed by atoms with Crippen LogP contribution in [-0.2, 0) is 14.3 Å². The van der Waals surface area contributed by atoms with E-state index in [0.717, 1.165) is 39.8 Å². The smallest absolute Gasteiger partial charge is 0.336 e. The number of hydrogen-bond acceptors (Lipinski definition) is 4. The number of carbonyl (C=O) groups is 2. The van der Waals surface area contributed by atoms with Crippen LogP contribution in [0.4, 0.5) is 0 Å². The Morgan fingerprint density at radius 2 is 1.81 bits per heavy atom. The number of benzene rings is 2. The summed E-state index contributed by atoms with van der Waals surface area (Å²) in [5, 5.41) is 3.40. The second kappa shape index (κ2) is 9.23. The Bertz CT molecular complexity index is 1070. The predicted octanol–water partition coefficient (Wildman–Crippen LogP) is 5.76. The van der Waals surface area contributed by atoms with Crippen molar-refractivity contribution in [3.05, 3.63) is 92.7 Å². The molecular formula is C26H26BrNO3. The molecule has 2 aromatic carbocycles. The van der Waals surface area contributed by atoms with Crippen LogP contribution in [0.1, 0.15) is 56.1 Å². The number of allylic oxidation sites excluding steroid dienone is 3. The molecule has 31 heavy (non-hydrogen) atoms. The van der Waals surface area contributed by atoms with Crippen molar-refractivity contribution in [2.75, 3.05) is 6.61 Å². The zero-order valence-electron chi connectivity index (χ0n) is 17.8. The van der Waals surface area contributed by atoms with Gasteiger partial charge in [-0.15, -0.1) is 0 Å². The van der Waals surface area contributed by atoms with Gasteiger partial charge in [0.05, 0.1) is 12.2 Å². The highest BCUT2D eigenvalue weighted by Gasteiger charge is 2.41. The number of carbonyl (C=O) groups excluding carboxylic acids is 2. The minimum absolute atomic E-state index is 0.0802. The van der Waals surface area contributed by atoms with E-state index in [1.54, 1.807) is 0 Å². The first-order valence-corrected chi connectivity index (χ1v) is 11.5. The molecular weight excluding hydrogens is 454 g/mol. The molecule has 4 nitrogen and oxygen atoms in total. The van der Waals surface area contributed by atoms with Crippen molar-refractivity contribution in [2.24, 2.45) is 0 Å². The van der Waals surface area contributed by atoms with Crippen LogP contribution in [0.5, 0.6) is 0 Å². The Morgan fingerprint density at radius 1 is 1.10 bits per heavy atom. The topological polar surface area (TPSA) is 55.4 Å². The number of halogens is 1. The summed E-state index contributed by atoms with van der Waals surface area (Å²) in [4.78, 5) is 26.6. The summed E-state index contributed by atoms with van der Waals surface area (Å²) < 4.78 is 6.39. The van der Waals surface area contributed by atoms with E-state index >= 15 is 0 Å². The molecule has 2 aliphatic rings. The van der Waals surface area contributed by atoms with Gasteiger partial charge in [-0.25, -0.2) is 4.79 Å². The second-order valence-corrected chi connectivity index (χ2v) is 8.94. The Balaban J connectivity index is 1.80. The van der Waals surface area contributed by atoms with Gasteiger partial charge in [-0.3, -0.25) is 4.79 Å². The normalized spacial score (nSPS) is 20.9. The first-order chi connectivity index (χ1) is 15.0. The van der Waals surface area contributed by atoms with Crippen LogP contribution in [0, 0.1) is 0 Å². The molecule has 160 valence electrons. The number of hydrogen-bond donors (Lipinski definition) is 1. The number of ether oxygens (including phenoxy) is 1. The molecule has 0 radical (unpaired) electrons. The second-order valence-electron chi connectivity index (χ2n) is 8.09. The number of ketones is 1. The number of Topliss-reactive ketones (excluding diaryl/α,β-unsaturated/α-hetero) is 1. The van der Waals surface area contributed by atoms with Crippen molar-refractivity contribution in [1.29, 1.82) is 0 Å². The van der Waals surface area contributed by atoms with E-state index in [0.29, 0.717) is 24.2 Å². The van der Waals surface area contributed by atoms with E-state index in [9.17, 15) is 9.59 Å². The third-order valence-corrected chi connectivity index (χ3v) is 6.69. The lowest BCUT2D eigenvalue weighted by atomic mass is 9.72. The minimum atomic E-state index is -0.444. The Labute approximate surface area is 191 Å². The minimum Gasteiger partial charge on any atom is -0.462 e. The monoisotopic (exact) mass is 479 g/mol. The number of nitrogens with one attached hydrogen (secondary N) is 1. The van der Waals surface area contributed by atoms with Crippen molar-refractivity contribution in [2.45, 2.75) is 44.9 Å². The van der Waals surface area contributed by atoms with Gasteiger partial charge in [-0.05, 0) is 42.9 Å². The van der Waals surface area contributed by atoms with Gasteiger partial charge in [-0.2, -0.15) is 0 Å². The van der Waals surface area contributed by atoms with E-state index in [2.05, 4.69) is 33.4 Å². The quantitative estimate of drug-likeness (QED) is 0.553. The lowest BCUT2D eigenvalue weighted by Crippen LogP contribution is -2.36. The summed E-state index contributed by atoms with van der Waals surface area (Å²) in [5.74, 6) is -0.601. The SMILES string of the molecule is CCCOC(=O)C1=C(C)NC2=C(C(=O)C[C@@H](c3ccccc3)C2)[C@H]1c1ccccc1Br. The van der Waals surface area contributed by atoms with Crippen LogP contribution in [0.15, 0.2) is 81.6 Å². The van der Waals surface area contributed by atoms with Crippen molar-refractivity contribution < 1.29 is 14.3 Å². The van der Waals surface area contributed by atoms with Crippen molar-refractivity contribution >= 4 is 27.7 Å². The fourth-order valence-electron chi connectivity index (χ4n) is 4.56. The van der Waals surface area contributed by atoms with Crippen LogP contribution in [0.2, 0.25) is 0 Å². The van der Waals surface area contributed by atoms with Crippen LogP contribution in [0.3, 0.4) is 0 Å². The first kappa shape index (κ1) is 21.6. The van der Waals surface area contributed by atoms with Gasteiger partial charge < -0.3 is 10.1 Å². The molecule has 0 spiro atoms. The molecule has 1 N–H and O–H groups in total. The maximum atomic E-state index is 13.5. The Morgan fingerprint density at radius 3 is 2.52 bits per heavy atom. The summed E-state index contributed by atoms with van der Waals surface area (Å²) in [6, 6.07) is 18.0. The average Bonchev–Trinajstić information content (AvgIpc) is 2.77. The van der Waals surface area contributed by atoms with Crippen molar-refractivity contribution in [1.82, 2.24) is 5.32 Å². The van der Waals surface area contributed by atoms with Gasteiger partial charge in [0.25, 0.3) is 0 Å². The van der Waals surface area contributed by atoms with Gasteiger partial charge in [0.2, 0.25) is 0 Å². The molecule has 0 bridgehead atoms. The van der Waals surface area contributed by atoms with Crippen LogP contribution < -0.4 is 5.32 Å². The fourth-order valence-corrected chi connectivity index (χ4v) is 5.08. The average molecular weight is 480 g/mol. The highest BCUT2D eigenvalue weighted by Crippen LogP contribution is 2.47. The van der Waals surface area contributed by atoms with Crippen LogP contribution in [-0.4, -0.2) is 18.4 Å². The van der Waals surface area contributed by atoms with Crippen LogP contribution in [0.25, 0.3) is 0 Å². The molecule has 4 rings (SSSR count). The largest absolute Gasteiger partial charge is 0.462 e. The van der Waals surface area contributed by atoms with Gasteiger partial charge in [-0.1, -0.05) is 71.4 Å². The van der Waals surface area contributed by atoms with Gasteiger partial charge in [0.15, 0.2) is 5.78 Å². The Kier molecular flexibility index (Phi) is 6.42.